The van der Waals surface area contributed by atoms with E-state index in [0.717, 1.165) is 24.6 Å². The van der Waals surface area contributed by atoms with E-state index in [2.05, 4.69) is 0 Å². The van der Waals surface area contributed by atoms with Gasteiger partial charge in [0.2, 0.25) is 10.0 Å². The van der Waals surface area contributed by atoms with Gasteiger partial charge in [-0.2, -0.15) is 8.42 Å². The average Bonchev–Trinajstić information content (AvgIpc) is 2.11. The van der Waals surface area contributed by atoms with Crippen LogP contribution in [0.5, 0.6) is 0 Å². The summed E-state index contributed by atoms with van der Waals surface area (Å²) < 4.78 is 77.9. The van der Waals surface area contributed by atoms with Crippen LogP contribution in [0.2, 0.25) is 0 Å². The van der Waals surface area contributed by atoms with E-state index in [4.69, 9.17) is 4.55 Å². The summed E-state index contributed by atoms with van der Waals surface area (Å²) in [5, 5.41) is 0. The fraction of sp³-hybridized carbons (Fsp3) is 0.250. The zero-order chi connectivity index (χ0) is 15.1. The van der Waals surface area contributed by atoms with Crippen LogP contribution in [0.25, 0.3) is 0 Å². The van der Waals surface area contributed by atoms with Crippen LogP contribution >= 0.6 is 0 Å². The van der Waals surface area contributed by atoms with Crippen LogP contribution in [0.15, 0.2) is 28.0 Å². The van der Waals surface area contributed by atoms with Crippen molar-refractivity contribution in [1.29, 1.82) is 0 Å². The zero-order valence-corrected chi connectivity index (χ0v) is 12.3. The van der Waals surface area contributed by atoms with E-state index in [9.17, 15) is 25.3 Å². The van der Waals surface area contributed by atoms with Crippen molar-refractivity contribution in [2.75, 3.05) is 17.2 Å². The van der Waals surface area contributed by atoms with Crippen molar-refractivity contribution in [3.63, 3.8) is 0 Å². The molecule has 0 spiro atoms. The molecule has 0 amide bonds. The first-order valence-electron chi connectivity index (χ1n) is 4.60. The molecule has 2 N–H and O–H groups in total. The third-order valence-electron chi connectivity index (χ3n) is 1.95. The number of sulfonamides is 1. The predicted molar refractivity (Wildman–Crippen MR) is 67.8 cm³/mol. The minimum atomic E-state index is -4.78. The number of hydrogen-bond donors (Lipinski definition) is 2. The Kier molecular flexibility index (Phi) is 3.96. The Morgan fingerprint density at radius 1 is 1.00 bits per heavy atom. The van der Waals surface area contributed by atoms with Crippen molar-refractivity contribution in [1.82, 2.24) is 0 Å². The first kappa shape index (κ1) is 15.9. The summed E-state index contributed by atoms with van der Waals surface area (Å²) in [6.07, 6.45) is 1.63. The van der Waals surface area contributed by atoms with E-state index < -0.39 is 40.6 Å². The number of rotatable bonds is 4. The van der Waals surface area contributed by atoms with Crippen LogP contribution < -0.4 is 4.72 Å². The molecule has 8 nitrogen and oxygen atoms in total. The van der Waals surface area contributed by atoms with Crippen LogP contribution in [-0.2, 0) is 30.0 Å². The number of sulfone groups is 1. The molecule has 0 heterocycles. The van der Waals surface area contributed by atoms with Crippen LogP contribution in [0, 0.1) is 0 Å². The van der Waals surface area contributed by atoms with Crippen LogP contribution in [0.1, 0.15) is 0 Å². The van der Waals surface area contributed by atoms with Crippen LogP contribution in [-0.4, -0.2) is 42.3 Å². The summed E-state index contributed by atoms with van der Waals surface area (Å²) in [6.45, 7) is 0. The largest absolute Gasteiger partial charge is 0.296 e. The molecule has 11 heteroatoms. The SMILES string of the molecule is CS(=O)(=O)Nc1ccc(S(C)(=O)=O)cc1S(=O)(=O)O. The van der Waals surface area contributed by atoms with Gasteiger partial charge in [0, 0.05) is 6.26 Å². The molecule has 1 rings (SSSR count). The quantitative estimate of drug-likeness (QED) is 0.724. The summed E-state index contributed by atoms with van der Waals surface area (Å²) in [6, 6.07) is 2.65. The molecule has 0 aromatic heterocycles. The minimum absolute atomic E-state index is 0.362. The number of nitrogens with one attached hydrogen (secondary N) is 1. The predicted octanol–water partition coefficient (Wildman–Crippen LogP) is -0.292. The minimum Gasteiger partial charge on any atom is -0.282 e. The Labute approximate surface area is 111 Å². The molecule has 0 aliphatic rings. The highest BCUT2D eigenvalue weighted by molar-refractivity contribution is 7.92. The lowest BCUT2D eigenvalue weighted by Crippen LogP contribution is -2.14. The number of hydrogen-bond acceptors (Lipinski definition) is 6. The van der Waals surface area contributed by atoms with Crippen molar-refractivity contribution >= 4 is 35.7 Å². The first-order chi connectivity index (χ1) is 8.31. The highest BCUT2D eigenvalue weighted by Gasteiger charge is 2.21. The van der Waals surface area contributed by atoms with Gasteiger partial charge in [0.05, 0.1) is 16.8 Å². The molecule has 1 aromatic rings. The monoisotopic (exact) mass is 329 g/mol. The molecule has 108 valence electrons. The fourth-order valence-electron chi connectivity index (χ4n) is 1.23. The Morgan fingerprint density at radius 2 is 1.53 bits per heavy atom. The van der Waals surface area contributed by atoms with Crippen LogP contribution in [0.3, 0.4) is 0 Å². The molecule has 1 aromatic carbocycles. The Hall–Kier alpha value is -1.17. The molecule has 0 fully saturated rings. The van der Waals surface area contributed by atoms with E-state index >= 15 is 0 Å². The van der Waals surface area contributed by atoms with Gasteiger partial charge in [-0.25, -0.2) is 16.8 Å². The lowest BCUT2D eigenvalue weighted by atomic mass is 10.3. The molecule has 0 saturated carbocycles. The molecule has 0 aliphatic heterocycles. The third kappa shape index (κ3) is 4.45. The van der Waals surface area contributed by atoms with E-state index in [-0.39, 0.29) is 4.90 Å². The molecule has 0 aliphatic carbocycles. The summed E-state index contributed by atoms with van der Waals surface area (Å²) in [7, 11) is -12.3. The van der Waals surface area contributed by atoms with E-state index in [1.807, 2.05) is 4.72 Å². The summed E-state index contributed by atoms with van der Waals surface area (Å²) in [5.74, 6) is 0. The highest BCUT2D eigenvalue weighted by atomic mass is 32.2. The van der Waals surface area contributed by atoms with Crippen molar-refractivity contribution < 1.29 is 29.8 Å². The summed E-state index contributed by atoms with van der Waals surface area (Å²) in [5.41, 5.74) is -0.433. The third-order valence-corrected chi connectivity index (χ3v) is 4.55. The number of anilines is 1. The molecule has 0 bridgehead atoms. The number of benzene rings is 1. The van der Waals surface area contributed by atoms with Gasteiger partial charge >= 0.3 is 0 Å². The molecule has 0 atom stereocenters. The molecular weight excluding hydrogens is 318 g/mol. The summed E-state index contributed by atoms with van der Waals surface area (Å²) in [4.78, 5) is -1.19. The van der Waals surface area contributed by atoms with Crippen molar-refractivity contribution in [3.8, 4) is 0 Å². The smallest absolute Gasteiger partial charge is 0.282 e. The Balaban J connectivity index is 3.61. The Bertz CT molecular complexity index is 806. The second-order valence-electron chi connectivity index (χ2n) is 3.78. The topological polar surface area (TPSA) is 135 Å². The zero-order valence-electron chi connectivity index (χ0n) is 9.85. The molecular formula is C8H11NO7S3. The van der Waals surface area contributed by atoms with E-state index in [1.165, 1.54) is 0 Å². The first-order valence-corrected chi connectivity index (χ1v) is 9.82. The fourth-order valence-corrected chi connectivity index (χ4v) is 3.27. The molecule has 0 saturated heterocycles. The van der Waals surface area contributed by atoms with Gasteiger partial charge in [-0.05, 0) is 18.2 Å². The van der Waals surface area contributed by atoms with Gasteiger partial charge in [0.1, 0.15) is 4.90 Å². The van der Waals surface area contributed by atoms with Gasteiger partial charge < -0.3 is 0 Å². The van der Waals surface area contributed by atoms with Crippen LogP contribution in [0.4, 0.5) is 5.69 Å². The second-order valence-corrected chi connectivity index (χ2v) is 8.93. The van der Waals surface area contributed by atoms with Gasteiger partial charge in [0.15, 0.2) is 9.84 Å². The lowest BCUT2D eigenvalue weighted by molar-refractivity contribution is 0.483. The van der Waals surface area contributed by atoms with Crippen molar-refractivity contribution in [3.05, 3.63) is 18.2 Å². The normalized spacial score (nSPS) is 13.2. The molecule has 0 radical (unpaired) electrons. The second kappa shape index (κ2) is 4.74. The highest BCUT2D eigenvalue weighted by Crippen LogP contribution is 2.25. The molecule has 19 heavy (non-hydrogen) atoms. The maximum atomic E-state index is 11.3. The standard InChI is InChI=1S/C8H11NO7S3/c1-17(10,11)6-3-4-7(9-18(2,12)13)8(5-6)19(14,15)16/h3-5,9H,1-2H3,(H,14,15,16). The summed E-state index contributed by atoms with van der Waals surface area (Å²) >= 11 is 0. The van der Waals surface area contributed by atoms with Gasteiger partial charge in [-0.1, -0.05) is 0 Å². The lowest BCUT2D eigenvalue weighted by Gasteiger charge is -2.09. The molecule has 0 unspecified atom stereocenters. The van der Waals surface area contributed by atoms with Gasteiger partial charge in [-0.3, -0.25) is 9.27 Å². The van der Waals surface area contributed by atoms with E-state index in [1.54, 1.807) is 0 Å². The van der Waals surface area contributed by atoms with Gasteiger partial charge in [0.25, 0.3) is 10.1 Å². The van der Waals surface area contributed by atoms with Crippen molar-refractivity contribution in [2.45, 2.75) is 9.79 Å². The average molecular weight is 329 g/mol. The maximum absolute atomic E-state index is 11.3. The van der Waals surface area contributed by atoms with Gasteiger partial charge in [-0.15, -0.1) is 0 Å². The Morgan fingerprint density at radius 3 is 1.89 bits per heavy atom. The van der Waals surface area contributed by atoms with Crippen molar-refractivity contribution in [2.24, 2.45) is 0 Å². The maximum Gasteiger partial charge on any atom is 0.296 e. The van der Waals surface area contributed by atoms with E-state index in [0.29, 0.717) is 6.07 Å².